The third-order valence-electron chi connectivity index (χ3n) is 5.48. The molecule has 2 amide bonds. The maximum Gasteiger partial charge on any atom is 0.321 e. The highest BCUT2D eigenvalue weighted by Gasteiger charge is 2.46. The van der Waals surface area contributed by atoms with Crippen molar-refractivity contribution in [1.82, 2.24) is 10.2 Å². The first kappa shape index (κ1) is 22.3. The van der Waals surface area contributed by atoms with Gasteiger partial charge < -0.3 is 20.5 Å². The lowest BCUT2D eigenvalue weighted by Crippen LogP contribution is -2.44. The number of rotatable bonds is 7. The zero-order valence-electron chi connectivity index (χ0n) is 17.8. The number of anilines is 1. The number of hydrogen-bond acceptors (Lipinski definition) is 5. The lowest BCUT2D eigenvalue weighted by atomic mass is 9.99. The number of nitrogens with one attached hydrogen (secondary N) is 2. The van der Waals surface area contributed by atoms with E-state index in [0.29, 0.717) is 11.4 Å². The topological polar surface area (TPSA) is 108 Å². The standard InChI is InChI=1S/C23H27N3O5/c1-14-9-10-17(31-3)11-18(14)25-21(28)13-26-20(23(29)30)12-19(24-15(2)27)22(26)16-7-5-4-6-8-16/h4-11,19-20,22H,12-13H2,1-3H3,(H,24,27)(H,25,28)(H,29,30)/t19-,20-,22-/m0/s1. The molecule has 0 unspecified atom stereocenters. The van der Waals surface area contributed by atoms with Crippen molar-refractivity contribution in [3.8, 4) is 5.75 Å². The Hall–Kier alpha value is -3.39. The summed E-state index contributed by atoms with van der Waals surface area (Å²) >= 11 is 0. The Balaban J connectivity index is 1.88. The molecular weight excluding hydrogens is 398 g/mol. The van der Waals surface area contributed by atoms with Crippen molar-refractivity contribution in [1.29, 1.82) is 0 Å². The highest BCUT2D eigenvalue weighted by molar-refractivity contribution is 5.93. The van der Waals surface area contributed by atoms with Crippen molar-refractivity contribution >= 4 is 23.5 Å². The minimum absolute atomic E-state index is 0.136. The van der Waals surface area contributed by atoms with Gasteiger partial charge in [0.05, 0.1) is 25.7 Å². The van der Waals surface area contributed by atoms with Crippen LogP contribution in [0.25, 0.3) is 0 Å². The third-order valence-corrected chi connectivity index (χ3v) is 5.48. The summed E-state index contributed by atoms with van der Waals surface area (Å²) in [6.45, 7) is 3.13. The average Bonchev–Trinajstić information content (AvgIpc) is 3.07. The second kappa shape index (κ2) is 9.61. The van der Waals surface area contributed by atoms with Crippen molar-refractivity contribution in [2.45, 2.75) is 38.4 Å². The third kappa shape index (κ3) is 5.21. The molecule has 3 N–H and O–H groups in total. The number of methoxy groups -OCH3 is 1. The lowest BCUT2D eigenvalue weighted by molar-refractivity contribution is -0.143. The number of carbonyl (C=O) groups excluding carboxylic acids is 2. The molecule has 8 heteroatoms. The van der Waals surface area contributed by atoms with E-state index in [0.717, 1.165) is 11.1 Å². The van der Waals surface area contributed by atoms with Gasteiger partial charge in [0.2, 0.25) is 11.8 Å². The van der Waals surface area contributed by atoms with E-state index in [1.54, 1.807) is 24.1 Å². The molecule has 0 bridgehead atoms. The Morgan fingerprint density at radius 1 is 1.16 bits per heavy atom. The van der Waals surface area contributed by atoms with Gasteiger partial charge in [0.15, 0.2) is 0 Å². The van der Waals surface area contributed by atoms with Crippen LogP contribution >= 0.6 is 0 Å². The van der Waals surface area contributed by atoms with Crippen LogP contribution in [0.15, 0.2) is 48.5 Å². The number of carbonyl (C=O) groups is 3. The predicted octanol–water partition coefficient (Wildman–Crippen LogP) is 2.35. The van der Waals surface area contributed by atoms with Gasteiger partial charge in [-0.25, -0.2) is 0 Å². The average molecular weight is 425 g/mol. The van der Waals surface area contributed by atoms with Gasteiger partial charge in [-0.3, -0.25) is 19.3 Å². The van der Waals surface area contributed by atoms with Crippen LogP contribution in [-0.2, 0) is 14.4 Å². The fourth-order valence-electron chi connectivity index (χ4n) is 4.07. The zero-order chi connectivity index (χ0) is 22.5. The van der Waals surface area contributed by atoms with Crippen molar-refractivity contribution in [2.75, 3.05) is 19.0 Å². The lowest BCUT2D eigenvalue weighted by Gasteiger charge is -2.30. The quantitative estimate of drug-likeness (QED) is 0.629. The van der Waals surface area contributed by atoms with Crippen molar-refractivity contribution in [3.63, 3.8) is 0 Å². The molecule has 1 fully saturated rings. The fourth-order valence-corrected chi connectivity index (χ4v) is 4.07. The van der Waals surface area contributed by atoms with Crippen LogP contribution in [0.3, 0.4) is 0 Å². The van der Waals surface area contributed by atoms with E-state index in [-0.39, 0.29) is 24.8 Å². The first-order chi connectivity index (χ1) is 14.8. The number of amides is 2. The van der Waals surface area contributed by atoms with Gasteiger partial charge in [0.25, 0.3) is 0 Å². The van der Waals surface area contributed by atoms with Crippen LogP contribution in [-0.4, -0.2) is 53.5 Å². The van der Waals surface area contributed by atoms with Crippen molar-refractivity contribution in [2.24, 2.45) is 0 Å². The monoisotopic (exact) mass is 425 g/mol. The normalized spacial score (nSPS) is 20.8. The molecule has 1 aliphatic heterocycles. The van der Waals surface area contributed by atoms with Gasteiger partial charge in [-0.1, -0.05) is 36.4 Å². The molecule has 1 aliphatic rings. The van der Waals surface area contributed by atoms with Crippen LogP contribution in [0, 0.1) is 6.92 Å². The molecule has 1 heterocycles. The van der Waals surface area contributed by atoms with Crippen molar-refractivity contribution < 1.29 is 24.2 Å². The van der Waals surface area contributed by atoms with E-state index in [1.165, 1.54) is 6.92 Å². The van der Waals surface area contributed by atoms with E-state index < -0.39 is 24.1 Å². The highest BCUT2D eigenvalue weighted by atomic mass is 16.5. The van der Waals surface area contributed by atoms with Gasteiger partial charge in [-0.2, -0.15) is 0 Å². The van der Waals surface area contributed by atoms with Crippen LogP contribution in [0.4, 0.5) is 5.69 Å². The molecule has 2 aromatic rings. The van der Waals surface area contributed by atoms with Gasteiger partial charge in [0.1, 0.15) is 11.8 Å². The molecule has 1 saturated heterocycles. The molecular formula is C23H27N3O5. The number of carboxylic acids is 1. The number of hydrogen-bond donors (Lipinski definition) is 3. The summed E-state index contributed by atoms with van der Waals surface area (Å²) in [7, 11) is 1.55. The maximum absolute atomic E-state index is 12.9. The Bertz CT molecular complexity index is 963. The number of nitrogens with zero attached hydrogens (tertiary/aromatic N) is 1. The zero-order valence-corrected chi connectivity index (χ0v) is 17.8. The molecule has 164 valence electrons. The summed E-state index contributed by atoms with van der Waals surface area (Å²) in [6, 6.07) is 12.9. The molecule has 0 radical (unpaired) electrons. The molecule has 31 heavy (non-hydrogen) atoms. The maximum atomic E-state index is 12.9. The molecule has 0 saturated carbocycles. The largest absolute Gasteiger partial charge is 0.497 e. The first-order valence-electron chi connectivity index (χ1n) is 10.0. The predicted molar refractivity (Wildman–Crippen MR) is 116 cm³/mol. The Morgan fingerprint density at radius 2 is 1.87 bits per heavy atom. The van der Waals surface area contributed by atoms with E-state index in [9.17, 15) is 19.5 Å². The van der Waals surface area contributed by atoms with E-state index in [2.05, 4.69) is 10.6 Å². The minimum atomic E-state index is -1.03. The summed E-state index contributed by atoms with van der Waals surface area (Å²) in [5, 5.41) is 15.5. The van der Waals surface area contributed by atoms with Crippen LogP contribution in [0.2, 0.25) is 0 Å². The van der Waals surface area contributed by atoms with Gasteiger partial charge in [0, 0.05) is 18.7 Å². The minimum Gasteiger partial charge on any atom is -0.497 e. The van der Waals surface area contributed by atoms with Gasteiger partial charge in [-0.05, 0) is 30.5 Å². The molecule has 3 atom stereocenters. The molecule has 0 spiro atoms. The number of benzene rings is 2. The summed E-state index contributed by atoms with van der Waals surface area (Å²) in [6.07, 6.45) is 0.208. The first-order valence-corrected chi connectivity index (χ1v) is 10.0. The Kier molecular flexibility index (Phi) is 6.91. The van der Waals surface area contributed by atoms with Crippen LogP contribution in [0.1, 0.15) is 30.5 Å². The Morgan fingerprint density at radius 3 is 2.48 bits per heavy atom. The summed E-state index contributed by atoms with van der Waals surface area (Å²) in [5.74, 6) is -1.00. The fraction of sp³-hybridized carbons (Fsp3) is 0.348. The molecule has 2 aromatic carbocycles. The number of likely N-dealkylation sites (tertiary alicyclic amines) is 1. The number of ether oxygens (including phenoxy) is 1. The van der Waals surface area contributed by atoms with Crippen LogP contribution in [0.5, 0.6) is 5.75 Å². The van der Waals surface area contributed by atoms with E-state index in [1.807, 2.05) is 43.3 Å². The molecule has 3 rings (SSSR count). The summed E-state index contributed by atoms with van der Waals surface area (Å²) in [4.78, 5) is 38.3. The van der Waals surface area contributed by atoms with Crippen LogP contribution < -0.4 is 15.4 Å². The number of carboxylic acid groups (broad SMARTS) is 1. The van der Waals surface area contributed by atoms with Crippen molar-refractivity contribution in [3.05, 3.63) is 59.7 Å². The van der Waals surface area contributed by atoms with Gasteiger partial charge in [-0.15, -0.1) is 0 Å². The van der Waals surface area contributed by atoms with E-state index >= 15 is 0 Å². The SMILES string of the molecule is COc1ccc(C)c(NC(=O)CN2[C@H](C(=O)O)C[C@H](NC(C)=O)[C@@H]2c2ccccc2)c1. The Labute approximate surface area is 181 Å². The number of aryl methyl sites for hydroxylation is 1. The molecule has 8 nitrogen and oxygen atoms in total. The smallest absolute Gasteiger partial charge is 0.321 e. The second-order valence-electron chi connectivity index (χ2n) is 7.65. The molecule has 0 aliphatic carbocycles. The number of aliphatic carboxylic acids is 1. The molecule has 0 aromatic heterocycles. The second-order valence-corrected chi connectivity index (χ2v) is 7.65. The summed E-state index contributed by atoms with van der Waals surface area (Å²) in [5.41, 5.74) is 2.31. The highest BCUT2D eigenvalue weighted by Crippen LogP contribution is 2.36. The van der Waals surface area contributed by atoms with E-state index in [4.69, 9.17) is 4.74 Å². The summed E-state index contributed by atoms with van der Waals surface area (Å²) < 4.78 is 5.22. The van der Waals surface area contributed by atoms with Gasteiger partial charge >= 0.3 is 5.97 Å².